The fourth-order valence-corrected chi connectivity index (χ4v) is 3.79. The van der Waals surface area contributed by atoms with Crippen molar-refractivity contribution in [2.45, 2.75) is 46.3 Å². The van der Waals surface area contributed by atoms with Gasteiger partial charge in [-0.15, -0.1) is 0 Å². The van der Waals surface area contributed by atoms with Crippen molar-refractivity contribution in [3.63, 3.8) is 0 Å². The molecular formula is C17H25NO2S. The zero-order chi connectivity index (χ0) is 15.4. The number of anilines is 1. The minimum Gasteiger partial charge on any atom is -0.287 e. The van der Waals surface area contributed by atoms with Crippen LogP contribution in [0.15, 0.2) is 30.3 Å². The van der Waals surface area contributed by atoms with Gasteiger partial charge in [-0.3, -0.25) is 9.63 Å². The predicted octanol–water partition coefficient (Wildman–Crippen LogP) is 4.14. The molecule has 1 aliphatic heterocycles. The van der Waals surface area contributed by atoms with Gasteiger partial charge in [-0.25, -0.2) is 5.06 Å². The summed E-state index contributed by atoms with van der Waals surface area (Å²) >= 11 is 1.45. The van der Waals surface area contributed by atoms with Gasteiger partial charge in [0.1, 0.15) is 0 Å². The van der Waals surface area contributed by atoms with Gasteiger partial charge < -0.3 is 0 Å². The van der Waals surface area contributed by atoms with E-state index >= 15 is 0 Å². The highest BCUT2D eigenvalue weighted by Gasteiger charge is 2.46. The van der Waals surface area contributed by atoms with E-state index in [9.17, 15) is 4.79 Å². The molecule has 4 heteroatoms. The van der Waals surface area contributed by atoms with Crippen LogP contribution in [0.5, 0.6) is 0 Å². The molecular weight excluding hydrogens is 282 g/mol. The second-order valence-electron chi connectivity index (χ2n) is 5.90. The number of para-hydroxylation sites is 1. The summed E-state index contributed by atoms with van der Waals surface area (Å²) in [6.45, 7) is 8.43. The number of carbonyl (C=O) groups excluding carboxylic acids is 1. The highest BCUT2D eigenvalue weighted by molar-refractivity contribution is 8.13. The smallest absolute Gasteiger partial charge is 0.196 e. The Labute approximate surface area is 132 Å². The van der Waals surface area contributed by atoms with E-state index in [1.165, 1.54) is 11.8 Å². The summed E-state index contributed by atoms with van der Waals surface area (Å²) in [5, 5.41) is 2.21. The van der Waals surface area contributed by atoms with Crippen LogP contribution in [0.3, 0.4) is 0 Å². The van der Waals surface area contributed by atoms with Crippen LogP contribution in [0.4, 0.5) is 5.69 Å². The molecule has 0 bridgehead atoms. The lowest BCUT2D eigenvalue weighted by Crippen LogP contribution is -2.39. The van der Waals surface area contributed by atoms with Crippen LogP contribution >= 0.6 is 11.8 Å². The van der Waals surface area contributed by atoms with Gasteiger partial charge in [0.2, 0.25) is 0 Å². The maximum Gasteiger partial charge on any atom is 0.196 e. The SMILES string of the molecule is CCCSC(=O)[C@H]1[C@H](C)ON(c2ccccc2)[C@@H]1C(C)C. The first-order chi connectivity index (χ1) is 10.1. The molecule has 0 amide bonds. The molecule has 116 valence electrons. The maximum absolute atomic E-state index is 12.6. The van der Waals surface area contributed by atoms with Crippen LogP contribution in [0.1, 0.15) is 34.1 Å². The van der Waals surface area contributed by atoms with Crippen molar-refractivity contribution < 1.29 is 9.63 Å². The third-order valence-electron chi connectivity index (χ3n) is 3.84. The Hall–Kier alpha value is -1.00. The van der Waals surface area contributed by atoms with Crippen LogP contribution in [0, 0.1) is 11.8 Å². The summed E-state index contributed by atoms with van der Waals surface area (Å²) in [4.78, 5) is 18.6. The quantitative estimate of drug-likeness (QED) is 0.818. The van der Waals surface area contributed by atoms with Gasteiger partial charge in [0.15, 0.2) is 5.12 Å². The van der Waals surface area contributed by atoms with Crippen molar-refractivity contribution in [1.82, 2.24) is 0 Å². The van der Waals surface area contributed by atoms with E-state index in [1.807, 2.05) is 42.3 Å². The molecule has 1 aliphatic rings. The highest BCUT2D eigenvalue weighted by Crippen LogP contribution is 2.38. The Kier molecular flexibility index (Phi) is 5.71. The van der Waals surface area contributed by atoms with Crippen molar-refractivity contribution in [1.29, 1.82) is 0 Å². The van der Waals surface area contributed by atoms with Gasteiger partial charge in [0, 0.05) is 5.75 Å². The van der Waals surface area contributed by atoms with Crippen molar-refractivity contribution >= 4 is 22.6 Å². The van der Waals surface area contributed by atoms with Gasteiger partial charge in [0.25, 0.3) is 0 Å². The molecule has 3 nitrogen and oxygen atoms in total. The van der Waals surface area contributed by atoms with Crippen molar-refractivity contribution in [3.05, 3.63) is 30.3 Å². The van der Waals surface area contributed by atoms with E-state index in [4.69, 9.17) is 4.84 Å². The summed E-state index contributed by atoms with van der Waals surface area (Å²) in [6.07, 6.45) is 0.946. The van der Waals surface area contributed by atoms with Gasteiger partial charge in [-0.1, -0.05) is 50.7 Å². The number of hydrogen-bond acceptors (Lipinski definition) is 4. The zero-order valence-corrected chi connectivity index (χ0v) is 14.1. The third-order valence-corrected chi connectivity index (χ3v) is 5.01. The van der Waals surface area contributed by atoms with Gasteiger partial charge in [-0.05, 0) is 31.4 Å². The standard InChI is InChI=1S/C17H25NO2S/c1-5-11-21-17(19)15-13(4)20-18(16(15)12(2)3)14-9-7-6-8-10-14/h6-10,12-13,15-16H,5,11H2,1-4H3/t13-,15-,16+/m0/s1. The Morgan fingerprint density at radius 3 is 2.57 bits per heavy atom. The Balaban J connectivity index is 2.23. The third kappa shape index (κ3) is 3.61. The number of hydrogen-bond donors (Lipinski definition) is 0. The molecule has 1 aromatic carbocycles. The fraction of sp³-hybridized carbons (Fsp3) is 0.588. The molecule has 1 heterocycles. The largest absolute Gasteiger partial charge is 0.287 e. The first kappa shape index (κ1) is 16.4. The lowest BCUT2D eigenvalue weighted by Gasteiger charge is -2.29. The summed E-state index contributed by atoms with van der Waals surface area (Å²) in [5.41, 5.74) is 1.03. The lowest BCUT2D eigenvalue weighted by atomic mass is 9.88. The maximum atomic E-state index is 12.6. The van der Waals surface area contributed by atoms with E-state index < -0.39 is 0 Å². The molecule has 0 saturated carbocycles. The van der Waals surface area contributed by atoms with E-state index in [2.05, 4.69) is 20.8 Å². The van der Waals surface area contributed by atoms with Crippen LogP contribution in [0.25, 0.3) is 0 Å². The predicted molar refractivity (Wildman–Crippen MR) is 89.3 cm³/mol. The number of thioether (sulfide) groups is 1. The van der Waals surface area contributed by atoms with Crippen LogP contribution in [-0.4, -0.2) is 23.0 Å². The molecule has 0 unspecified atom stereocenters. The summed E-state index contributed by atoms with van der Waals surface area (Å²) in [6, 6.07) is 10.2. The van der Waals surface area contributed by atoms with Gasteiger partial charge in [0.05, 0.1) is 23.8 Å². The van der Waals surface area contributed by atoms with Crippen molar-refractivity contribution in [3.8, 4) is 0 Å². The van der Waals surface area contributed by atoms with Gasteiger partial charge in [-0.2, -0.15) is 0 Å². The van der Waals surface area contributed by atoms with Gasteiger partial charge >= 0.3 is 0 Å². The summed E-state index contributed by atoms with van der Waals surface area (Å²) in [5.74, 6) is 1.17. The molecule has 3 atom stereocenters. The summed E-state index contributed by atoms with van der Waals surface area (Å²) in [7, 11) is 0. The molecule has 0 N–H and O–H groups in total. The van der Waals surface area contributed by atoms with Crippen molar-refractivity contribution in [2.24, 2.45) is 11.8 Å². The lowest BCUT2D eigenvalue weighted by molar-refractivity contribution is -0.116. The Morgan fingerprint density at radius 2 is 2.00 bits per heavy atom. The molecule has 2 rings (SSSR count). The van der Waals surface area contributed by atoms with E-state index in [0.29, 0.717) is 5.92 Å². The highest BCUT2D eigenvalue weighted by atomic mass is 32.2. The molecule has 0 spiro atoms. The average molecular weight is 307 g/mol. The molecule has 1 fully saturated rings. The van der Waals surface area contributed by atoms with E-state index in [0.717, 1.165) is 17.9 Å². The number of nitrogens with zero attached hydrogens (tertiary/aromatic N) is 1. The second kappa shape index (κ2) is 7.32. The minimum atomic E-state index is -0.0746. The monoisotopic (exact) mass is 307 g/mol. The van der Waals surface area contributed by atoms with E-state index in [1.54, 1.807) is 0 Å². The van der Waals surface area contributed by atoms with E-state index in [-0.39, 0.29) is 23.2 Å². The number of hydroxylamine groups is 1. The second-order valence-corrected chi connectivity index (χ2v) is 7.00. The number of rotatable bonds is 5. The zero-order valence-electron chi connectivity index (χ0n) is 13.3. The summed E-state index contributed by atoms with van der Waals surface area (Å²) < 4.78 is 0. The molecule has 0 radical (unpaired) electrons. The number of carbonyl (C=O) groups is 1. The molecule has 0 aromatic heterocycles. The topological polar surface area (TPSA) is 29.5 Å². The molecule has 1 aromatic rings. The van der Waals surface area contributed by atoms with Crippen LogP contribution in [-0.2, 0) is 9.63 Å². The minimum absolute atomic E-state index is 0.0678. The Bertz CT molecular complexity index is 463. The van der Waals surface area contributed by atoms with Crippen LogP contribution in [0.2, 0.25) is 0 Å². The molecule has 21 heavy (non-hydrogen) atoms. The van der Waals surface area contributed by atoms with Crippen molar-refractivity contribution in [2.75, 3.05) is 10.8 Å². The fourth-order valence-electron chi connectivity index (χ4n) is 2.86. The number of benzene rings is 1. The molecule has 0 aliphatic carbocycles. The normalized spacial score (nSPS) is 25.6. The average Bonchev–Trinajstić information content (AvgIpc) is 2.83. The Morgan fingerprint density at radius 1 is 1.33 bits per heavy atom. The first-order valence-corrected chi connectivity index (χ1v) is 8.72. The molecule has 1 saturated heterocycles. The van der Waals surface area contributed by atoms with Crippen LogP contribution < -0.4 is 5.06 Å². The first-order valence-electron chi connectivity index (χ1n) is 7.74.